The van der Waals surface area contributed by atoms with Crippen LogP contribution in [0.2, 0.25) is 0 Å². The molecule has 1 heteroatoms. The van der Waals surface area contributed by atoms with E-state index in [4.69, 9.17) is 5.73 Å². The summed E-state index contributed by atoms with van der Waals surface area (Å²) in [7, 11) is 0. The summed E-state index contributed by atoms with van der Waals surface area (Å²) in [5.41, 5.74) is 14.3. The van der Waals surface area contributed by atoms with E-state index in [1.807, 2.05) is 12.1 Å². The Labute approximate surface area is 205 Å². The van der Waals surface area contributed by atoms with E-state index in [-0.39, 0.29) is 10.8 Å². The molecular weight excluding hydrogens is 410 g/mol. The van der Waals surface area contributed by atoms with Crippen LogP contribution in [0.15, 0.2) is 103 Å². The van der Waals surface area contributed by atoms with Crippen molar-refractivity contribution in [2.75, 3.05) is 5.73 Å². The van der Waals surface area contributed by atoms with E-state index in [9.17, 15) is 0 Å². The van der Waals surface area contributed by atoms with Gasteiger partial charge in [-0.25, -0.2) is 0 Å². The molecule has 0 radical (unpaired) electrons. The first-order valence-corrected chi connectivity index (χ1v) is 12.2. The Balaban J connectivity index is 2.05. The van der Waals surface area contributed by atoms with Crippen molar-refractivity contribution >= 4 is 5.69 Å². The van der Waals surface area contributed by atoms with Crippen LogP contribution in [0.4, 0.5) is 5.69 Å². The van der Waals surface area contributed by atoms with Gasteiger partial charge in [-0.05, 0) is 56.3 Å². The lowest BCUT2D eigenvalue weighted by Gasteiger charge is -2.37. The van der Waals surface area contributed by atoms with Crippen molar-refractivity contribution in [2.24, 2.45) is 0 Å². The van der Waals surface area contributed by atoms with E-state index >= 15 is 0 Å². The molecule has 2 N–H and O–H groups in total. The van der Waals surface area contributed by atoms with Gasteiger partial charge in [0.1, 0.15) is 0 Å². The zero-order valence-electron chi connectivity index (χ0n) is 21.4. The van der Waals surface area contributed by atoms with Gasteiger partial charge in [0.2, 0.25) is 0 Å². The second-order valence-electron chi connectivity index (χ2n) is 11.4. The first kappa shape index (κ1) is 23.8. The normalized spacial score (nSPS) is 12.5. The topological polar surface area (TPSA) is 26.0 Å². The van der Waals surface area contributed by atoms with Crippen molar-refractivity contribution in [3.8, 4) is 0 Å². The highest BCUT2D eigenvalue weighted by Gasteiger charge is 2.38. The fourth-order valence-electron chi connectivity index (χ4n) is 4.86. The average molecular weight is 448 g/mol. The SMILES string of the molecule is CC(C)(C)c1ccc(C(c2ccccc2)(c2ccc(N)cc2)c2ccc(C(C)(C)C)cc2)cc1. The molecule has 0 spiro atoms. The molecule has 0 saturated heterocycles. The van der Waals surface area contributed by atoms with Gasteiger partial charge in [0.25, 0.3) is 0 Å². The van der Waals surface area contributed by atoms with Crippen molar-refractivity contribution in [1.82, 2.24) is 0 Å². The first-order chi connectivity index (χ1) is 16.0. The predicted octanol–water partition coefficient (Wildman–Crippen LogP) is 8.25. The molecule has 0 fully saturated rings. The molecule has 0 unspecified atom stereocenters. The van der Waals surface area contributed by atoms with Crippen LogP contribution < -0.4 is 5.73 Å². The summed E-state index contributed by atoms with van der Waals surface area (Å²) in [5.74, 6) is 0. The molecular formula is C33H37N. The molecule has 4 aromatic carbocycles. The lowest BCUT2D eigenvalue weighted by molar-refractivity contribution is 0.588. The molecule has 4 aromatic rings. The Bertz CT molecular complexity index is 1160. The lowest BCUT2D eigenvalue weighted by atomic mass is 9.64. The summed E-state index contributed by atoms with van der Waals surface area (Å²) in [6.45, 7) is 13.6. The fourth-order valence-corrected chi connectivity index (χ4v) is 4.86. The van der Waals surface area contributed by atoms with Gasteiger partial charge in [-0.15, -0.1) is 0 Å². The van der Waals surface area contributed by atoms with Gasteiger partial charge in [-0.1, -0.05) is 133 Å². The van der Waals surface area contributed by atoms with Crippen LogP contribution in [0.5, 0.6) is 0 Å². The zero-order valence-corrected chi connectivity index (χ0v) is 21.4. The Morgan fingerprint density at radius 3 is 1.03 bits per heavy atom. The van der Waals surface area contributed by atoms with Crippen LogP contribution >= 0.6 is 0 Å². The average Bonchev–Trinajstić information content (AvgIpc) is 2.81. The Morgan fingerprint density at radius 2 is 0.676 bits per heavy atom. The van der Waals surface area contributed by atoms with E-state index in [1.165, 1.54) is 33.4 Å². The van der Waals surface area contributed by atoms with Crippen molar-refractivity contribution in [2.45, 2.75) is 57.8 Å². The minimum Gasteiger partial charge on any atom is -0.399 e. The Kier molecular flexibility index (Phi) is 6.16. The van der Waals surface area contributed by atoms with E-state index < -0.39 is 5.41 Å². The third-order valence-electron chi connectivity index (χ3n) is 6.92. The van der Waals surface area contributed by atoms with Crippen LogP contribution in [-0.4, -0.2) is 0 Å². The third kappa shape index (κ3) is 4.40. The summed E-state index contributed by atoms with van der Waals surface area (Å²) >= 11 is 0. The van der Waals surface area contributed by atoms with E-state index in [0.717, 1.165) is 5.69 Å². The molecule has 0 bridgehead atoms. The first-order valence-electron chi connectivity index (χ1n) is 12.2. The van der Waals surface area contributed by atoms with E-state index in [1.54, 1.807) is 0 Å². The number of rotatable bonds is 4. The molecule has 0 aromatic heterocycles. The highest BCUT2D eigenvalue weighted by molar-refractivity contribution is 5.61. The largest absolute Gasteiger partial charge is 0.399 e. The Hall–Kier alpha value is -3.32. The quantitative estimate of drug-likeness (QED) is 0.247. The maximum atomic E-state index is 6.12. The summed E-state index contributed by atoms with van der Waals surface area (Å²) in [6.07, 6.45) is 0. The third-order valence-corrected chi connectivity index (χ3v) is 6.92. The van der Waals surface area contributed by atoms with Crippen LogP contribution in [-0.2, 0) is 16.2 Å². The summed E-state index contributed by atoms with van der Waals surface area (Å²) in [5, 5.41) is 0. The number of nitrogens with two attached hydrogens (primary N) is 1. The maximum absolute atomic E-state index is 6.12. The number of benzene rings is 4. The van der Waals surface area contributed by atoms with Gasteiger partial charge in [0, 0.05) is 5.69 Å². The van der Waals surface area contributed by atoms with Gasteiger partial charge in [-0.3, -0.25) is 0 Å². The van der Waals surface area contributed by atoms with Crippen molar-refractivity contribution in [3.05, 3.63) is 137 Å². The van der Waals surface area contributed by atoms with Gasteiger partial charge in [0.15, 0.2) is 0 Å². The van der Waals surface area contributed by atoms with Gasteiger partial charge >= 0.3 is 0 Å². The molecule has 0 aliphatic carbocycles. The molecule has 1 nitrogen and oxygen atoms in total. The minimum absolute atomic E-state index is 0.101. The van der Waals surface area contributed by atoms with Crippen molar-refractivity contribution in [1.29, 1.82) is 0 Å². The monoisotopic (exact) mass is 447 g/mol. The predicted molar refractivity (Wildman–Crippen MR) is 147 cm³/mol. The number of hydrogen-bond acceptors (Lipinski definition) is 1. The molecule has 0 aliphatic rings. The second kappa shape index (κ2) is 8.80. The summed E-state index contributed by atoms with van der Waals surface area (Å²) in [4.78, 5) is 0. The van der Waals surface area contributed by atoms with Crippen LogP contribution in [0.25, 0.3) is 0 Å². The molecule has 0 aliphatic heterocycles. The van der Waals surface area contributed by atoms with Crippen LogP contribution in [0.3, 0.4) is 0 Å². The zero-order chi connectivity index (χ0) is 24.6. The number of anilines is 1. The van der Waals surface area contributed by atoms with Crippen LogP contribution in [0, 0.1) is 0 Å². The highest BCUT2D eigenvalue weighted by Crippen LogP contribution is 2.46. The standard InChI is InChI=1S/C33H37N/c1-31(2,3)24-12-16-27(17-13-24)33(26-10-8-7-9-11-26,29-20-22-30(34)23-21-29)28-18-14-25(15-19-28)32(4,5)6/h7-23H,34H2,1-6H3. The van der Waals surface area contributed by atoms with Gasteiger partial charge < -0.3 is 5.73 Å². The Morgan fingerprint density at radius 1 is 0.382 bits per heavy atom. The minimum atomic E-state index is -0.457. The molecule has 0 saturated carbocycles. The van der Waals surface area contributed by atoms with Gasteiger partial charge in [-0.2, -0.15) is 0 Å². The van der Waals surface area contributed by atoms with Crippen molar-refractivity contribution in [3.63, 3.8) is 0 Å². The molecule has 34 heavy (non-hydrogen) atoms. The molecule has 0 amide bonds. The molecule has 0 atom stereocenters. The summed E-state index contributed by atoms with van der Waals surface area (Å²) < 4.78 is 0. The highest BCUT2D eigenvalue weighted by atomic mass is 14.5. The van der Waals surface area contributed by atoms with Crippen LogP contribution in [0.1, 0.15) is 74.9 Å². The van der Waals surface area contributed by atoms with Crippen molar-refractivity contribution < 1.29 is 0 Å². The number of nitrogen functional groups attached to an aromatic ring is 1. The maximum Gasteiger partial charge on any atom is 0.0701 e. The van der Waals surface area contributed by atoms with E-state index in [2.05, 4.69) is 133 Å². The molecule has 0 heterocycles. The number of hydrogen-bond donors (Lipinski definition) is 1. The molecule has 4 rings (SSSR count). The molecule has 174 valence electrons. The van der Waals surface area contributed by atoms with Gasteiger partial charge in [0.05, 0.1) is 5.41 Å². The smallest absolute Gasteiger partial charge is 0.0701 e. The summed E-state index contributed by atoms with van der Waals surface area (Å²) in [6, 6.07) is 37.6. The lowest BCUT2D eigenvalue weighted by Crippen LogP contribution is -2.31. The fraction of sp³-hybridized carbons (Fsp3) is 0.273. The second-order valence-corrected chi connectivity index (χ2v) is 11.4. The van der Waals surface area contributed by atoms with E-state index in [0.29, 0.717) is 0 Å².